The normalized spacial score (nSPS) is 16.3. The summed E-state index contributed by atoms with van der Waals surface area (Å²) in [5, 5.41) is 18.2. The van der Waals surface area contributed by atoms with Crippen LogP contribution in [0.3, 0.4) is 0 Å². The Balaban J connectivity index is 1.44. The lowest BCUT2D eigenvalue weighted by Gasteiger charge is -2.35. The first-order valence-corrected chi connectivity index (χ1v) is 10.6. The Labute approximate surface area is 196 Å². The Morgan fingerprint density at radius 2 is 1.88 bits per heavy atom. The van der Waals surface area contributed by atoms with Crippen molar-refractivity contribution in [3.05, 3.63) is 39.5 Å². The van der Waals surface area contributed by atoms with Crippen LogP contribution in [0.4, 0.5) is 24.8 Å². The van der Waals surface area contributed by atoms with E-state index in [0.717, 1.165) is 6.20 Å². The van der Waals surface area contributed by atoms with E-state index in [2.05, 4.69) is 20.4 Å². The number of piperazine rings is 1. The molecule has 11 nitrogen and oxygen atoms in total. The third kappa shape index (κ3) is 6.55. The van der Waals surface area contributed by atoms with E-state index in [1.54, 1.807) is 5.10 Å². The van der Waals surface area contributed by atoms with E-state index in [1.807, 2.05) is 4.90 Å². The fourth-order valence-corrected chi connectivity index (χ4v) is 3.43. The number of hydrogen-bond acceptors (Lipinski definition) is 9. The Kier molecular flexibility index (Phi) is 8.28. The molecule has 1 aliphatic rings. The number of aliphatic hydroxyl groups excluding tert-OH is 1. The Hall–Kier alpha value is -2.97. The molecule has 2 atom stereocenters. The van der Waals surface area contributed by atoms with Crippen LogP contribution < -0.4 is 15.8 Å². The van der Waals surface area contributed by atoms with Crippen LogP contribution in [0.25, 0.3) is 0 Å². The van der Waals surface area contributed by atoms with Gasteiger partial charge in [-0.15, -0.1) is 0 Å². The van der Waals surface area contributed by atoms with Gasteiger partial charge in [0.2, 0.25) is 5.95 Å². The Morgan fingerprint density at radius 3 is 2.50 bits per heavy atom. The standard InChI is InChI=1S/C19H23ClF3N7O4/c1-11(27-13-8-26-28-16(32)15(13)19(21,22)23)9-34-10-14(31)17(33)29-2-4-30(5-3-29)18-24-6-12(20)7-25-18/h6-8,11,14,31H,2-5,9-10H2,1H3,(H2,27,28,32)/t11-,14-/m0/s1. The van der Waals surface area contributed by atoms with Crippen molar-refractivity contribution in [3.8, 4) is 0 Å². The number of aromatic amines is 1. The van der Waals surface area contributed by atoms with Crippen molar-refractivity contribution in [2.24, 2.45) is 0 Å². The molecule has 0 unspecified atom stereocenters. The lowest BCUT2D eigenvalue weighted by Crippen LogP contribution is -2.52. The first kappa shape index (κ1) is 25.6. The molecule has 1 fully saturated rings. The summed E-state index contributed by atoms with van der Waals surface area (Å²) < 4.78 is 44.6. The van der Waals surface area contributed by atoms with Gasteiger partial charge in [0, 0.05) is 32.2 Å². The summed E-state index contributed by atoms with van der Waals surface area (Å²) in [4.78, 5) is 35.6. The number of nitrogens with zero attached hydrogens (tertiary/aromatic N) is 5. The molecule has 2 aromatic heterocycles. The number of H-pyrrole nitrogens is 1. The van der Waals surface area contributed by atoms with Crippen molar-refractivity contribution < 1.29 is 27.8 Å². The largest absolute Gasteiger partial charge is 0.423 e. The molecule has 1 aliphatic heterocycles. The van der Waals surface area contributed by atoms with Gasteiger partial charge in [0.15, 0.2) is 6.10 Å². The summed E-state index contributed by atoms with van der Waals surface area (Å²) >= 11 is 5.78. The lowest BCUT2D eigenvalue weighted by molar-refractivity contribution is -0.143. The number of carbonyl (C=O) groups is 1. The summed E-state index contributed by atoms with van der Waals surface area (Å²) in [7, 11) is 0. The minimum Gasteiger partial charge on any atom is -0.381 e. The zero-order valence-corrected chi connectivity index (χ0v) is 18.8. The molecular formula is C19H23ClF3N7O4. The van der Waals surface area contributed by atoms with Crippen LogP contribution in [0, 0.1) is 0 Å². The number of rotatable bonds is 8. The number of amides is 1. The van der Waals surface area contributed by atoms with Gasteiger partial charge in [0.1, 0.15) is 5.56 Å². The second-order valence-corrected chi connectivity index (χ2v) is 8.03. The molecule has 0 spiro atoms. The molecule has 0 bridgehead atoms. The molecule has 3 heterocycles. The van der Waals surface area contributed by atoms with E-state index in [-0.39, 0.29) is 13.2 Å². The number of nitrogens with one attached hydrogen (secondary N) is 2. The summed E-state index contributed by atoms with van der Waals surface area (Å²) in [6.45, 7) is 2.67. The molecule has 1 saturated heterocycles. The van der Waals surface area contributed by atoms with Crippen molar-refractivity contribution >= 4 is 29.1 Å². The van der Waals surface area contributed by atoms with Crippen LogP contribution in [0.2, 0.25) is 5.02 Å². The van der Waals surface area contributed by atoms with Crippen LogP contribution in [0.1, 0.15) is 12.5 Å². The van der Waals surface area contributed by atoms with Crippen LogP contribution in [-0.4, -0.2) is 87.6 Å². The number of carbonyl (C=O) groups excluding carboxylic acids is 1. The quantitative estimate of drug-likeness (QED) is 0.475. The van der Waals surface area contributed by atoms with E-state index in [1.165, 1.54) is 24.2 Å². The first-order valence-electron chi connectivity index (χ1n) is 10.2. The van der Waals surface area contributed by atoms with Crippen molar-refractivity contribution in [2.45, 2.75) is 25.2 Å². The molecule has 2 aromatic rings. The van der Waals surface area contributed by atoms with Gasteiger partial charge in [-0.25, -0.2) is 15.1 Å². The second kappa shape index (κ2) is 11.0. The van der Waals surface area contributed by atoms with Crippen molar-refractivity contribution in [2.75, 3.05) is 49.6 Å². The minimum atomic E-state index is -4.87. The van der Waals surface area contributed by atoms with Crippen LogP contribution in [0.15, 0.2) is 23.4 Å². The number of halogens is 4. The fourth-order valence-electron chi connectivity index (χ4n) is 3.33. The molecule has 0 aromatic carbocycles. The van der Waals surface area contributed by atoms with Gasteiger partial charge in [-0.05, 0) is 6.92 Å². The highest BCUT2D eigenvalue weighted by molar-refractivity contribution is 6.30. The molecule has 34 heavy (non-hydrogen) atoms. The predicted octanol–water partition coefficient (Wildman–Crippen LogP) is 0.759. The van der Waals surface area contributed by atoms with Crippen molar-refractivity contribution in [1.29, 1.82) is 0 Å². The van der Waals surface area contributed by atoms with Crippen LogP contribution >= 0.6 is 11.6 Å². The smallest absolute Gasteiger partial charge is 0.381 e. The SMILES string of the molecule is C[C@@H](COC[C@H](O)C(=O)N1CCN(c2ncc(Cl)cn2)CC1)Nc1cn[nH]c(=O)c1C(F)(F)F. The minimum absolute atomic E-state index is 0.129. The topological polar surface area (TPSA) is 137 Å². The maximum atomic E-state index is 13.1. The molecule has 0 aliphatic carbocycles. The van der Waals surface area contributed by atoms with E-state index < -0.39 is 41.0 Å². The number of aliphatic hydroxyl groups is 1. The lowest BCUT2D eigenvalue weighted by atomic mass is 10.2. The summed E-state index contributed by atoms with van der Waals surface area (Å²) in [6, 6.07) is -0.671. The number of aromatic nitrogens is 4. The highest BCUT2D eigenvalue weighted by Gasteiger charge is 2.37. The van der Waals surface area contributed by atoms with Crippen LogP contribution in [-0.2, 0) is 15.7 Å². The van der Waals surface area contributed by atoms with Gasteiger partial charge in [-0.3, -0.25) is 9.59 Å². The van der Waals surface area contributed by atoms with E-state index in [4.69, 9.17) is 16.3 Å². The number of hydrogen-bond donors (Lipinski definition) is 3. The highest BCUT2D eigenvalue weighted by Crippen LogP contribution is 2.31. The van der Waals surface area contributed by atoms with Crippen molar-refractivity contribution in [1.82, 2.24) is 25.1 Å². The number of anilines is 2. The van der Waals surface area contributed by atoms with Gasteiger partial charge in [-0.1, -0.05) is 11.6 Å². The van der Waals surface area contributed by atoms with E-state index in [0.29, 0.717) is 37.1 Å². The zero-order valence-electron chi connectivity index (χ0n) is 18.0. The van der Waals surface area contributed by atoms with Gasteiger partial charge < -0.3 is 25.0 Å². The maximum absolute atomic E-state index is 13.1. The molecule has 0 saturated carbocycles. The highest BCUT2D eigenvalue weighted by atomic mass is 35.5. The molecule has 186 valence electrons. The van der Waals surface area contributed by atoms with Gasteiger partial charge in [-0.2, -0.15) is 18.3 Å². The monoisotopic (exact) mass is 505 g/mol. The average molecular weight is 506 g/mol. The Bertz CT molecular complexity index is 1030. The summed E-state index contributed by atoms with van der Waals surface area (Å²) in [5.41, 5.74) is -3.26. The van der Waals surface area contributed by atoms with E-state index in [9.17, 15) is 27.9 Å². The molecule has 0 radical (unpaired) electrons. The molecule has 15 heteroatoms. The molecule has 3 N–H and O–H groups in total. The summed E-state index contributed by atoms with van der Waals surface area (Å²) in [6.07, 6.45) is -2.49. The molecule has 3 rings (SSSR count). The second-order valence-electron chi connectivity index (χ2n) is 7.60. The molecule has 1 amide bonds. The van der Waals surface area contributed by atoms with Gasteiger partial charge in [0.25, 0.3) is 11.5 Å². The van der Waals surface area contributed by atoms with Crippen LogP contribution in [0.5, 0.6) is 0 Å². The first-order chi connectivity index (χ1) is 16.1. The fraction of sp³-hybridized carbons (Fsp3) is 0.526. The van der Waals surface area contributed by atoms with E-state index >= 15 is 0 Å². The number of ether oxygens (including phenoxy) is 1. The third-order valence-electron chi connectivity index (χ3n) is 4.95. The maximum Gasteiger partial charge on any atom is 0.423 e. The zero-order chi connectivity index (χ0) is 24.9. The average Bonchev–Trinajstić information content (AvgIpc) is 2.78. The molecular weight excluding hydrogens is 483 g/mol. The number of alkyl halides is 3. The summed E-state index contributed by atoms with van der Waals surface area (Å²) in [5.74, 6) is -0.0263. The predicted molar refractivity (Wildman–Crippen MR) is 116 cm³/mol. The van der Waals surface area contributed by atoms with Crippen molar-refractivity contribution in [3.63, 3.8) is 0 Å². The van der Waals surface area contributed by atoms with Gasteiger partial charge in [0.05, 0.1) is 42.5 Å². The van der Waals surface area contributed by atoms with Gasteiger partial charge >= 0.3 is 6.18 Å². The Morgan fingerprint density at radius 1 is 1.24 bits per heavy atom. The third-order valence-corrected chi connectivity index (χ3v) is 5.15.